The number of carbonyl (C=O) groups excluding carboxylic acids is 3. The van der Waals surface area contributed by atoms with E-state index >= 15 is 0 Å². The van der Waals surface area contributed by atoms with Crippen LogP contribution >= 0.6 is 0 Å². The molecule has 0 fully saturated rings. The molecule has 0 aliphatic rings. The van der Waals surface area contributed by atoms with E-state index in [0.717, 1.165) is 103 Å². The number of hydrogen-bond donors (Lipinski definition) is 0. The fourth-order valence-electron chi connectivity index (χ4n) is 8.90. The van der Waals surface area contributed by atoms with Crippen LogP contribution in [0.1, 0.15) is 316 Å². The van der Waals surface area contributed by atoms with E-state index in [0.29, 0.717) is 19.3 Å². The van der Waals surface area contributed by atoms with E-state index in [2.05, 4.69) is 81.5 Å². The Labute approximate surface area is 440 Å². The molecule has 412 valence electrons. The Morgan fingerprint density at radius 1 is 0.296 bits per heavy atom. The maximum Gasteiger partial charge on any atom is 0.306 e. The molecule has 0 bridgehead atoms. The highest BCUT2D eigenvalue weighted by molar-refractivity contribution is 5.71. The summed E-state index contributed by atoms with van der Waals surface area (Å²) < 4.78 is 16.8. The van der Waals surface area contributed by atoms with Gasteiger partial charge in [0.15, 0.2) is 6.10 Å². The largest absolute Gasteiger partial charge is 0.462 e. The molecule has 0 aromatic carbocycles. The summed E-state index contributed by atoms with van der Waals surface area (Å²) >= 11 is 0. The van der Waals surface area contributed by atoms with Crippen LogP contribution in [0.5, 0.6) is 0 Å². The van der Waals surface area contributed by atoms with Crippen molar-refractivity contribution in [2.24, 2.45) is 0 Å². The second kappa shape index (κ2) is 59.7. The number of allylic oxidation sites excluding steroid dienone is 10. The molecule has 6 heteroatoms. The molecule has 6 nitrogen and oxygen atoms in total. The van der Waals surface area contributed by atoms with Crippen LogP contribution in [0.2, 0.25) is 0 Å². The normalized spacial score (nSPS) is 12.4. The number of unbranched alkanes of at least 4 members (excludes halogenated alkanes) is 35. The molecule has 0 heterocycles. The number of ether oxygens (including phenoxy) is 3. The van der Waals surface area contributed by atoms with E-state index in [9.17, 15) is 14.4 Å². The molecule has 0 rings (SSSR count). The summed E-state index contributed by atoms with van der Waals surface area (Å²) in [5.74, 6) is -0.885. The highest BCUT2D eigenvalue weighted by atomic mass is 16.6. The zero-order valence-corrected chi connectivity index (χ0v) is 47.2. The summed E-state index contributed by atoms with van der Waals surface area (Å²) in [6.07, 6.45) is 75.3. The van der Waals surface area contributed by atoms with Gasteiger partial charge in [0.2, 0.25) is 0 Å². The number of carbonyl (C=O) groups is 3. The zero-order valence-electron chi connectivity index (χ0n) is 47.2. The lowest BCUT2D eigenvalue weighted by Crippen LogP contribution is -2.30. The van der Waals surface area contributed by atoms with E-state index in [1.165, 1.54) is 173 Å². The topological polar surface area (TPSA) is 78.9 Å². The first-order valence-corrected chi connectivity index (χ1v) is 30.8. The third kappa shape index (κ3) is 57.9. The smallest absolute Gasteiger partial charge is 0.306 e. The van der Waals surface area contributed by atoms with Gasteiger partial charge in [-0.15, -0.1) is 0 Å². The molecule has 0 amide bonds. The Hall–Kier alpha value is -2.89. The van der Waals surface area contributed by atoms with Crippen molar-refractivity contribution in [3.8, 4) is 0 Å². The monoisotopic (exact) mass is 993 g/mol. The Morgan fingerprint density at radius 2 is 0.549 bits per heavy atom. The second-order valence-corrected chi connectivity index (χ2v) is 20.6. The van der Waals surface area contributed by atoms with Crippen LogP contribution in [-0.2, 0) is 28.6 Å². The fourth-order valence-corrected chi connectivity index (χ4v) is 8.90. The second-order valence-electron chi connectivity index (χ2n) is 20.6. The lowest BCUT2D eigenvalue weighted by Gasteiger charge is -2.18. The predicted molar refractivity (Wildman–Crippen MR) is 307 cm³/mol. The first-order valence-electron chi connectivity index (χ1n) is 30.8. The average molecular weight is 994 g/mol. The molecule has 0 spiro atoms. The molecule has 71 heavy (non-hydrogen) atoms. The maximum absolute atomic E-state index is 12.8. The first-order chi connectivity index (χ1) is 35.0. The van der Waals surface area contributed by atoms with Gasteiger partial charge in [-0.25, -0.2) is 0 Å². The molecule has 1 unspecified atom stereocenters. The molecule has 0 radical (unpaired) electrons. The van der Waals surface area contributed by atoms with Crippen molar-refractivity contribution in [3.63, 3.8) is 0 Å². The molecule has 0 aromatic heterocycles. The molecule has 0 aliphatic heterocycles. The Morgan fingerprint density at radius 3 is 0.859 bits per heavy atom. The van der Waals surface area contributed by atoms with Crippen molar-refractivity contribution in [1.29, 1.82) is 0 Å². The van der Waals surface area contributed by atoms with Gasteiger partial charge >= 0.3 is 17.9 Å². The van der Waals surface area contributed by atoms with Crippen LogP contribution in [0.25, 0.3) is 0 Å². The van der Waals surface area contributed by atoms with Crippen molar-refractivity contribution in [1.82, 2.24) is 0 Å². The van der Waals surface area contributed by atoms with Crippen LogP contribution in [-0.4, -0.2) is 37.2 Å². The standard InChI is InChI=1S/C65H116O6/c1-4-7-10-13-16-19-21-23-25-26-27-28-29-30-31-32-33-34-35-36-37-38-40-41-43-46-49-52-55-58-64(67)70-61-62(60-69-63(66)57-54-51-48-45-18-15-12-9-6-3)71-65(68)59-56-53-50-47-44-42-39-24-22-20-17-14-11-8-5-2/h8,11,17,20-21,23-24,26-27,39,62H,4-7,9-10,12-16,18-19,22,25,28-38,40-61H2,1-3H3/b11-8-,20-17-,23-21-,27-26-,39-24-. The molecule has 0 saturated carbocycles. The summed E-state index contributed by atoms with van der Waals surface area (Å²) in [4.78, 5) is 38.1. The number of rotatable bonds is 56. The van der Waals surface area contributed by atoms with Crippen molar-refractivity contribution in [2.75, 3.05) is 13.2 Å². The summed E-state index contributed by atoms with van der Waals surface area (Å²) in [6.45, 7) is 6.51. The average Bonchev–Trinajstić information content (AvgIpc) is 3.37. The molecular formula is C65H116O6. The van der Waals surface area contributed by atoms with Crippen LogP contribution in [0.15, 0.2) is 60.8 Å². The SMILES string of the molecule is CC/C=C\C/C=C\C/C=C\CCCCCCCC(=O)OC(COC(=O)CCCCCCCCCCC)COC(=O)CCCCCCCCCCCCCCCCCCC/C=C\C/C=C\CCCCCCC. The Kier molecular flexibility index (Phi) is 57.2. The highest BCUT2D eigenvalue weighted by Crippen LogP contribution is 2.17. The molecule has 1 atom stereocenters. The quantitative estimate of drug-likeness (QED) is 0.0261. The van der Waals surface area contributed by atoms with Gasteiger partial charge in [-0.2, -0.15) is 0 Å². The number of hydrogen-bond acceptors (Lipinski definition) is 6. The molecular weight excluding hydrogens is 877 g/mol. The van der Waals surface area contributed by atoms with Gasteiger partial charge in [0.05, 0.1) is 0 Å². The van der Waals surface area contributed by atoms with Gasteiger partial charge in [0, 0.05) is 19.3 Å². The first kappa shape index (κ1) is 68.1. The third-order valence-corrected chi connectivity index (χ3v) is 13.5. The molecule has 0 aliphatic carbocycles. The molecule has 0 saturated heterocycles. The van der Waals surface area contributed by atoms with Crippen LogP contribution in [0, 0.1) is 0 Å². The summed E-state index contributed by atoms with van der Waals surface area (Å²) in [6, 6.07) is 0. The zero-order chi connectivity index (χ0) is 51.4. The highest BCUT2D eigenvalue weighted by Gasteiger charge is 2.19. The Balaban J connectivity index is 4.11. The van der Waals surface area contributed by atoms with E-state index in [1.54, 1.807) is 0 Å². The minimum atomic E-state index is -0.779. The van der Waals surface area contributed by atoms with Crippen molar-refractivity contribution in [3.05, 3.63) is 60.8 Å². The third-order valence-electron chi connectivity index (χ3n) is 13.5. The summed E-state index contributed by atoms with van der Waals surface area (Å²) in [5.41, 5.74) is 0. The van der Waals surface area contributed by atoms with E-state index in [4.69, 9.17) is 14.2 Å². The molecule has 0 aromatic rings. The summed E-state index contributed by atoms with van der Waals surface area (Å²) in [5, 5.41) is 0. The fraction of sp³-hybridized carbons (Fsp3) is 0.800. The lowest BCUT2D eigenvalue weighted by atomic mass is 10.0. The maximum atomic E-state index is 12.8. The summed E-state index contributed by atoms with van der Waals surface area (Å²) in [7, 11) is 0. The van der Waals surface area contributed by atoms with Crippen LogP contribution in [0.4, 0.5) is 0 Å². The van der Waals surface area contributed by atoms with Crippen LogP contribution in [0.3, 0.4) is 0 Å². The van der Waals surface area contributed by atoms with Crippen molar-refractivity contribution >= 4 is 17.9 Å². The van der Waals surface area contributed by atoms with Gasteiger partial charge < -0.3 is 14.2 Å². The minimum Gasteiger partial charge on any atom is -0.462 e. The minimum absolute atomic E-state index is 0.0780. The van der Waals surface area contributed by atoms with Gasteiger partial charge in [-0.1, -0.05) is 274 Å². The van der Waals surface area contributed by atoms with Gasteiger partial charge in [0.1, 0.15) is 13.2 Å². The van der Waals surface area contributed by atoms with E-state index in [-0.39, 0.29) is 31.1 Å². The lowest BCUT2D eigenvalue weighted by molar-refractivity contribution is -0.167. The molecule has 0 N–H and O–H groups in total. The number of esters is 3. The van der Waals surface area contributed by atoms with Gasteiger partial charge in [-0.3, -0.25) is 14.4 Å². The van der Waals surface area contributed by atoms with Crippen molar-refractivity contribution < 1.29 is 28.6 Å². The predicted octanol–water partition coefficient (Wildman–Crippen LogP) is 20.8. The van der Waals surface area contributed by atoms with Crippen molar-refractivity contribution in [2.45, 2.75) is 322 Å². The van der Waals surface area contributed by atoms with Gasteiger partial charge in [0.25, 0.3) is 0 Å². The Bertz CT molecular complexity index is 1280. The van der Waals surface area contributed by atoms with E-state index < -0.39 is 6.10 Å². The van der Waals surface area contributed by atoms with Gasteiger partial charge in [-0.05, 0) is 83.5 Å². The van der Waals surface area contributed by atoms with Crippen LogP contribution < -0.4 is 0 Å². The van der Waals surface area contributed by atoms with E-state index in [1.807, 2.05) is 0 Å².